The van der Waals surface area contributed by atoms with E-state index in [2.05, 4.69) is 0 Å². The molecule has 128 valence electrons. The number of aliphatic hydroxyl groups excluding tert-OH is 6. The van der Waals surface area contributed by atoms with Gasteiger partial charge in [0.1, 0.15) is 49.3 Å². The summed E-state index contributed by atoms with van der Waals surface area (Å²) < 4.78 is 15.4. The van der Waals surface area contributed by atoms with Crippen LogP contribution in [0.4, 0.5) is 0 Å². The van der Waals surface area contributed by atoms with Crippen molar-refractivity contribution in [3.05, 3.63) is 0 Å². The van der Waals surface area contributed by atoms with E-state index >= 15 is 0 Å². The molecule has 2 rings (SSSR count). The van der Waals surface area contributed by atoms with Crippen LogP contribution in [-0.2, 0) is 19.0 Å². The van der Waals surface area contributed by atoms with Gasteiger partial charge in [-0.3, -0.25) is 4.79 Å². The molecule has 2 saturated heterocycles. The third kappa shape index (κ3) is 3.30. The van der Waals surface area contributed by atoms with E-state index in [1.807, 2.05) is 0 Å². The highest BCUT2D eigenvalue weighted by molar-refractivity contribution is 5.85. The summed E-state index contributed by atoms with van der Waals surface area (Å²) in [5, 5.41) is 57.3. The van der Waals surface area contributed by atoms with Crippen LogP contribution >= 0.6 is 0 Å². The van der Waals surface area contributed by atoms with Crippen LogP contribution in [0.1, 0.15) is 0 Å². The van der Waals surface area contributed by atoms with Crippen LogP contribution < -0.4 is 0 Å². The molecule has 2 aliphatic rings. The Hall–Kier alpha value is -0.690. The van der Waals surface area contributed by atoms with Crippen LogP contribution in [0.25, 0.3) is 0 Å². The summed E-state index contributed by atoms with van der Waals surface area (Å²) in [4.78, 5) is 11.5. The smallest absolute Gasteiger partial charge is 0.189 e. The first kappa shape index (κ1) is 17.7. The predicted molar refractivity (Wildman–Crippen MR) is 66.5 cm³/mol. The molecule has 0 aliphatic carbocycles. The Morgan fingerprint density at radius 2 is 1.64 bits per heavy atom. The first-order valence-electron chi connectivity index (χ1n) is 6.80. The molecule has 0 aromatic rings. The van der Waals surface area contributed by atoms with Gasteiger partial charge in [0, 0.05) is 0 Å². The highest BCUT2D eigenvalue weighted by Gasteiger charge is 2.48. The molecule has 0 unspecified atom stereocenters. The van der Waals surface area contributed by atoms with E-state index in [0.717, 1.165) is 0 Å². The standard InChI is InChI=1S/C12H20O10/c13-1-5-8(17)9(18)10(19)12(21-5)22-11-6(2-14)20-3-4(15)7(11)16/h5-14,16-19H,1-3H2/t5-,6-,7-,8+,9+,10-,11-,12+/m1/s1. The van der Waals surface area contributed by atoms with E-state index in [1.165, 1.54) is 0 Å². The summed E-state index contributed by atoms with van der Waals surface area (Å²) in [5.41, 5.74) is 0. The van der Waals surface area contributed by atoms with E-state index in [0.29, 0.717) is 0 Å². The van der Waals surface area contributed by atoms with Crippen molar-refractivity contribution in [1.29, 1.82) is 0 Å². The molecule has 6 N–H and O–H groups in total. The van der Waals surface area contributed by atoms with Gasteiger partial charge < -0.3 is 44.8 Å². The second-order valence-electron chi connectivity index (χ2n) is 5.24. The summed E-state index contributed by atoms with van der Waals surface area (Å²) in [6.45, 7) is -1.58. The molecule has 2 aliphatic heterocycles. The second kappa shape index (κ2) is 7.25. The first-order valence-corrected chi connectivity index (χ1v) is 6.80. The predicted octanol–water partition coefficient (Wildman–Crippen LogP) is -4.51. The number of ether oxygens (including phenoxy) is 3. The van der Waals surface area contributed by atoms with E-state index in [-0.39, 0.29) is 6.61 Å². The Labute approximate surface area is 125 Å². The second-order valence-corrected chi connectivity index (χ2v) is 5.24. The van der Waals surface area contributed by atoms with E-state index < -0.39 is 68.0 Å². The lowest BCUT2D eigenvalue weighted by molar-refractivity contribution is -0.327. The Bertz CT molecular complexity index is 388. The first-order chi connectivity index (χ1) is 10.4. The molecule has 0 aromatic carbocycles. The Morgan fingerprint density at radius 3 is 2.23 bits per heavy atom. The SMILES string of the molecule is O=C1CO[C@H](CO)[C@@H](O[C@@H]2O[C@H](CO)[C@H](O)[C@H](O)[C@H]2O)[C@@H]1O. The average molecular weight is 324 g/mol. The van der Waals surface area contributed by atoms with Gasteiger partial charge in [-0.1, -0.05) is 0 Å². The van der Waals surface area contributed by atoms with Crippen molar-refractivity contribution in [2.24, 2.45) is 0 Å². The third-order valence-electron chi connectivity index (χ3n) is 3.77. The molecule has 2 heterocycles. The zero-order chi connectivity index (χ0) is 16.4. The number of Topliss-reactive ketones (excluding diaryl/α,β-unsaturated/α-hetero) is 1. The minimum atomic E-state index is -1.68. The van der Waals surface area contributed by atoms with Crippen molar-refractivity contribution >= 4 is 5.78 Å². The molecule has 10 heteroatoms. The number of hydrogen-bond donors (Lipinski definition) is 6. The summed E-state index contributed by atoms with van der Waals surface area (Å²) >= 11 is 0. The van der Waals surface area contributed by atoms with Gasteiger partial charge in [0.15, 0.2) is 12.1 Å². The molecular formula is C12H20O10. The molecular weight excluding hydrogens is 304 g/mol. The van der Waals surface area contributed by atoms with Crippen molar-refractivity contribution in [3.8, 4) is 0 Å². The molecule has 10 nitrogen and oxygen atoms in total. The maximum atomic E-state index is 11.5. The number of hydrogen-bond acceptors (Lipinski definition) is 10. The highest BCUT2D eigenvalue weighted by Crippen LogP contribution is 2.26. The van der Waals surface area contributed by atoms with E-state index in [1.54, 1.807) is 0 Å². The Balaban J connectivity index is 2.11. The fourth-order valence-corrected chi connectivity index (χ4v) is 2.41. The lowest BCUT2D eigenvalue weighted by atomic mass is 9.98. The number of rotatable bonds is 4. The van der Waals surface area contributed by atoms with Crippen molar-refractivity contribution in [2.45, 2.75) is 49.0 Å². The van der Waals surface area contributed by atoms with Crippen LogP contribution in [0, 0.1) is 0 Å². The normalized spacial score (nSPS) is 46.7. The van der Waals surface area contributed by atoms with Crippen molar-refractivity contribution in [3.63, 3.8) is 0 Å². The summed E-state index contributed by atoms with van der Waals surface area (Å²) in [5.74, 6) is -0.667. The molecule has 0 aromatic heterocycles. The highest BCUT2D eigenvalue weighted by atomic mass is 16.7. The monoisotopic (exact) mass is 324 g/mol. The van der Waals surface area contributed by atoms with Crippen LogP contribution in [-0.4, -0.2) is 105 Å². The van der Waals surface area contributed by atoms with E-state index in [9.17, 15) is 30.3 Å². The van der Waals surface area contributed by atoms with Gasteiger partial charge in [0.25, 0.3) is 0 Å². The number of ketones is 1. The summed E-state index contributed by atoms with van der Waals surface area (Å²) in [7, 11) is 0. The summed E-state index contributed by atoms with van der Waals surface area (Å²) in [6, 6.07) is 0. The van der Waals surface area contributed by atoms with Crippen LogP contribution in [0.2, 0.25) is 0 Å². The van der Waals surface area contributed by atoms with E-state index in [4.69, 9.17) is 19.3 Å². The average Bonchev–Trinajstić information content (AvgIpc) is 2.52. The summed E-state index contributed by atoms with van der Waals surface area (Å²) in [6.07, 6.45) is -11.6. The molecule has 0 bridgehead atoms. The van der Waals surface area contributed by atoms with Gasteiger partial charge in [-0.25, -0.2) is 0 Å². The quantitative estimate of drug-likeness (QED) is 0.296. The van der Waals surface area contributed by atoms with Crippen molar-refractivity contribution in [2.75, 3.05) is 19.8 Å². The molecule has 0 saturated carbocycles. The third-order valence-corrected chi connectivity index (χ3v) is 3.77. The molecule has 22 heavy (non-hydrogen) atoms. The Morgan fingerprint density at radius 1 is 1.00 bits per heavy atom. The van der Waals surface area contributed by atoms with Crippen molar-refractivity contribution < 1.29 is 49.6 Å². The molecule has 0 amide bonds. The lowest BCUT2D eigenvalue weighted by Crippen LogP contribution is -2.62. The van der Waals surface area contributed by atoms with Crippen molar-refractivity contribution in [1.82, 2.24) is 0 Å². The zero-order valence-electron chi connectivity index (χ0n) is 11.6. The molecule has 0 spiro atoms. The molecule has 0 radical (unpaired) electrons. The topological polar surface area (TPSA) is 166 Å². The van der Waals surface area contributed by atoms with Crippen LogP contribution in [0.5, 0.6) is 0 Å². The number of carbonyl (C=O) groups is 1. The van der Waals surface area contributed by atoms with Gasteiger partial charge in [-0.15, -0.1) is 0 Å². The fraction of sp³-hybridized carbons (Fsp3) is 0.917. The van der Waals surface area contributed by atoms with Gasteiger partial charge in [-0.2, -0.15) is 0 Å². The molecule has 2 fully saturated rings. The molecule has 8 atom stereocenters. The van der Waals surface area contributed by atoms with Gasteiger partial charge in [0.05, 0.1) is 13.2 Å². The van der Waals surface area contributed by atoms with Gasteiger partial charge >= 0.3 is 0 Å². The maximum absolute atomic E-state index is 11.5. The minimum absolute atomic E-state index is 0.388. The van der Waals surface area contributed by atoms with Gasteiger partial charge in [-0.05, 0) is 0 Å². The lowest BCUT2D eigenvalue weighted by Gasteiger charge is -2.43. The number of aliphatic hydroxyl groups is 6. The minimum Gasteiger partial charge on any atom is -0.394 e. The Kier molecular flexibility index (Phi) is 5.82. The zero-order valence-corrected chi connectivity index (χ0v) is 11.6. The van der Waals surface area contributed by atoms with Gasteiger partial charge in [0.2, 0.25) is 0 Å². The van der Waals surface area contributed by atoms with Crippen LogP contribution in [0.15, 0.2) is 0 Å². The fourth-order valence-electron chi connectivity index (χ4n) is 2.41. The largest absolute Gasteiger partial charge is 0.394 e. The van der Waals surface area contributed by atoms with Crippen LogP contribution in [0.3, 0.4) is 0 Å². The number of carbonyl (C=O) groups excluding carboxylic acids is 1. The maximum Gasteiger partial charge on any atom is 0.189 e.